The van der Waals surface area contributed by atoms with E-state index in [2.05, 4.69) is 26.8 Å². The van der Waals surface area contributed by atoms with E-state index in [-0.39, 0.29) is 0 Å². The summed E-state index contributed by atoms with van der Waals surface area (Å²) in [5.74, 6) is 2.01. The van der Waals surface area contributed by atoms with Gasteiger partial charge in [0.2, 0.25) is 5.91 Å². The molecule has 0 unspecified atom stereocenters. The van der Waals surface area contributed by atoms with Gasteiger partial charge in [0.05, 0.1) is 12.8 Å². The third-order valence-electron chi connectivity index (χ3n) is 6.94. The second kappa shape index (κ2) is 9.17. The first-order chi connectivity index (χ1) is 13.7. The molecule has 154 valence electrons. The van der Waals surface area contributed by atoms with Gasteiger partial charge in [-0.2, -0.15) is 0 Å². The van der Waals surface area contributed by atoms with Crippen LogP contribution in [0.5, 0.6) is 5.75 Å². The number of rotatable bonds is 5. The lowest BCUT2D eigenvalue weighted by atomic mass is 9.99. The molecule has 0 aromatic heterocycles. The second-order valence-electron chi connectivity index (χ2n) is 8.69. The van der Waals surface area contributed by atoms with Crippen LogP contribution in [0.1, 0.15) is 44.9 Å². The summed E-state index contributed by atoms with van der Waals surface area (Å²) in [6.07, 6.45) is 8.31. The van der Waals surface area contributed by atoms with E-state index in [1.165, 1.54) is 37.8 Å². The fourth-order valence-electron chi connectivity index (χ4n) is 5.29. The van der Waals surface area contributed by atoms with Gasteiger partial charge in [0.15, 0.2) is 0 Å². The molecular formula is C23H35N3O2. The van der Waals surface area contributed by atoms with Gasteiger partial charge in [0.25, 0.3) is 0 Å². The number of nitrogens with zero attached hydrogens (tertiary/aromatic N) is 3. The number of benzene rings is 1. The largest absolute Gasteiger partial charge is 0.495 e. The summed E-state index contributed by atoms with van der Waals surface area (Å²) >= 11 is 0. The van der Waals surface area contributed by atoms with Gasteiger partial charge in [-0.15, -0.1) is 0 Å². The smallest absolute Gasteiger partial charge is 0.222 e. The number of amides is 1. The van der Waals surface area contributed by atoms with Crippen molar-refractivity contribution in [2.75, 3.05) is 51.3 Å². The van der Waals surface area contributed by atoms with Gasteiger partial charge in [-0.05, 0) is 43.7 Å². The van der Waals surface area contributed by atoms with Crippen LogP contribution < -0.4 is 9.64 Å². The number of methoxy groups -OCH3 is 1. The number of piperidine rings is 1. The first-order valence-electron chi connectivity index (χ1n) is 11.1. The van der Waals surface area contributed by atoms with Crippen molar-refractivity contribution in [1.29, 1.82) is 0 Å². The van der Waals surface area contributed by atoms with Crippen molar-refractivity contribution in [1.82, 2.24) is 9.80 Å². The zero-order valence-corrected chi connectivity index (χ0v) is 17.3. The maximum atomic E-state index is 12.8. The van der Waals surface area contributed by atoms with Crippen LogP contribution in [0.2, 0.25) is 0 Å². The van der Waals surface area contributed by atoms with Gasteiger partial charge in [-0.3, -0.25) is 9.69 Å². The Bertz CT molecular complexity index is 651. The molecule has 2 heterocycles. The SMILES string of the molecule is COc1ccccc1N1CCN([C@@H]2CCCN(C(=O)CC3CCCC3)C2)CC1. The lowest BCUT2D eigenvalue weighted by molar-refractivity contribution is -0.134. The topological polar surface area (TPSA) is 36.0 Å². The van der Waals surface area contributed by atoms with Gasteiger partial charge < -0.3 is 14.5 Å². The summed E-state index contributed by atoms with van der Waals surface area (Å²) in [5.41, 5.74) is 1.20. The van der Waals surface area contributed by atoms with E-state index >= 15 is 0 Å². The average Bonchev–Trinajstić information content (AvgIpc) is 3.27. The highest BCUT2D eigenvalue weighted by Gasteiger charge is 2.31. The quantitative estimate of drug-likeness (QED) is 0.778. The molecule has 1 aliphatic carbocycles. The normalized spacial score (nSPS) is 24.5. The minimum atomic E-state index is 0.407. The summed E-state index contributed by atoms with van der Waals surface area (Å²) < 4.78 is 5.54. The van der Waals surface area contributed by atoms with Gasteiger partial charge in [0.1, 0.15) is 5.75 Å². The number of piperazine rings is 1. The number of anilines is 1. The number of para-hydroxylation sites is 2. The Balaban J connectivity index is 1.29. The molecule has 2 aliphatic heterocycles. The molecule has 0 bridgehead atoms. The van der Waals surface area contributed by atoms with Crippen LogP contribution in [0.4, 0.5) is 5.69 Å². The van der Waals surface area contributed by atoms with Crippen LogP contribution in [0, 0.1) is 5.92 Å². The zero-order chi connectivity index (χ0) is 19.3. The maximum absolute atomic E-state index is 12.8. The summed E-state index contributed by atoms with van der Waals surface area (Å²) in [6.45, 7) is 6.06. The summed E-state index contributed by atoms with van der Waals surface area (Å²) in [7, 11) is 1.74. The molecule has 3 fully saturated rings. The van der Waals surface area contributed by atoms with Crippen molar-refractivity contribution in [3.63, 3.8) is 0 Å². The van der Waals surface area contributed by atoms with E-state index in [0.29, 0.717) is 17.9 Å². The minimum absolute atomic E-state index is 0.407. The lowest BCUT2D eigenvalue weighted by Crippen LogP contribution is -2.56. The van der Waals surface area contributed by atoms with E-state index in [1.54, 1.807) is 7.11 Å². The van der Waals surface area contributed by atoms with Crippen molar-refractivity contribution < 1.29 is 9.53 Å². The Hall–Kier alpha value is -1.75. The Morgan fingerprint density at radius 2 is 1.75 bits per heavy atom. The van der Waals surface area contributed by atoms with E-state index in [0.717, 1.165) is 57.9 Å². The van der Waals surface area contributed by atoms with Gasteiger partial charge in [-0.1, -0.05) is 25.0 Å². The fourth-order valence-corrected chi connectivity index (χ4v) is 5.29. The third-order valence-corrected chi connectivity index (χ3v) is 6.94. The summed E-state index contributed by atoms with van der Waals surface area (Å²) in [4.78, 5) is 20.0. The van der Waals surface area contributed by atoms with Gasteiger partial charge >= 0.3 is 0 Å². The number of carbonyl (C=O) groups excluding carboxylic acids is 1. The predicted molar refractivity (Wildman–Crippen MR) is 113 cm³/mol. The molecule has 5 nitrogen and oxygen atoms in total. The minimum Gasteiger partial charge on any atom is -0.495 e. The first-order valence-corrected chi connectivity index (χ1v) is 11.1. The highest BCUT2D eigenvalue weighted by molar-refractivity contribution is 5.76. The number of ether oxygens (including phenoxy) is 1. The van der Waals surface area contributed by atoms with E-state index in [1.807, 2.05) is 12.1 Å². The first kappa shape index (κ1) is 19.6. The van der Waals surface area contributed by atoms with Crippen molar-refractivity contribution in [2.24, 2.45) is 5.92 Å². The maximum Gasteiger partial charge on any atom is 0.222 e. The molecule has 28 heavy (non-hydrogen) atoms. The van der Waals surface area contributed by atoms with Gasteiger partial charge in [0, 0.05) is 51.7 Å². The number of likely N-dealkylation sites (tertiary alicyclic amines) is 1. The highest BCUT2D eigenvalue weighted by Crippen LogP contribution is 2.30. The van der Waals surface area contributed by atoms with Crippen molar-refractivity contribution in [2.45, 2.75) is 51.0 Å². The summed E-state index contributed by atoms with van der Waals surface area (Å²) in [6, 6.07) is 8.83. The molecule has 4 rings (SSSR count). The number of hydrogen-bond donors (Lipinski definition) is 0. The van der Waals surface area contributed by atoms with Crippen LogP contribution >= 0.6 is 0 Å². The van der Waals surface area contributed by atoms with Crippen LogP contribution in [-0.4, -0.2) is 68.1 Å². The molecule has 1 aromatic rings. The van der Waals surface area contributed by atoms with Crippen molar-refractivity contribution >= 4 is 11.6 Å². The molecule has 1 aromatic carbocycles. The molecule has 1 atom stereocenters. The molecule has 0 spiro atoms. The van der Waals surface area contributed by atoms with Crippen LogP contribution in [0.15, 0.2) is 24.3 Å². The van der Waals surface area contributed by atoms with Crippen LogP contribution in [0.25, 0.3) is 0 Å². The molecule has 2 saturated heterocycles. The standard InChI is InChI=1S/C23H35N3O2/c1-28-22-11-5-4-10-21(22)25-15-13-24(14-16-25)20-9-6-12-26(18-20)23(27)17-19-7-2-3-8-19/h4-5,10-11,19-20H,2-3,6-9,12-18H2,1H3/t20-/m1/s1. The van der Waals surface area contributed by atoms with Crippen molar-refractivity contribution in [3.05, 3.63) is 24.3 Å². The Morgan fingerprint density at radius 3 is 2.50 bits per heavy atom. The number of hydrogen-bond acceptors (Lipinski definition) is 4. The van der Waals surface area contributed by atoms with E-state index < -0.39 is 0 Å². The predicted octanol–water partition coefficient (Wildman–Crippen LogP) is 3.39. The highest BCUT2D eigenvalue weighted by atomic mass is 16.5. The molecule has 0 N–H and O–H groups in total. The Kier molecular flexibility index (Phi) is 6.40. The molecule has 1 saturated carbocycles. The van der Waals surface area contributed by atoms with E-state index in [4.69, 9.17) is 4.74 Å². The fraction of sp³-hybridized carbons (Fsp3) is 0.696. The van der Waals surface area contributed by atoms with Gasteiger partial charge in [-0.25, -0.2) is 0 Å². The molecule has 1 amide bonds. The second-order valence-corrected chi connectivity index (χ2v) is 8.69. The van der Waals surface area contributed by atoms with Crippen LogP contribution in [-0.2, 0) is 4.79 Å². The molecule has 0 radical (unpaired) electrons. The lowest BCUT2D eigenvalue weighted by Gasteiger charge is -2.44. The van der Waals surface area contributed by atoms with Crippen LogP contribution in [0.3, 0.4) is 0 Å². The van der Waals surface area contributed by atoms with E-state index in [9.17, 15) is 4.79 Å². The third kappa shape index (κ3) is 4.45. The Labute approximate surface area is 169 Å². The van der Waals surface area contributed by atoms with Crippen molar-refractivity contribution in [3.8, 4) is 5.75 Å². The zero-order valence-electron chi connectivity index (χ0n) is 17.3. The molecule has 5 heteroatoms. The molecule has 3 aliphatic rings. The molecular weight excluding hydrogens is 350 g/mol. The number of carbonyl (C=O) groups is 1. The monoisotopic (exact) mass is 385 g/mol. The summed E-state index contributed by atoms with van der Waals surface area (Å²) in [5, 5.41) is 0. The average molecular weight is 386 g/mol. The Morgan fingerprint density at radius 1 is 1.00 bits per heavy atom.